The second-order valence-electron chi connectivity index (χ2n) is 6.79. The molecule has 0 heterocycles. The van der Waals surface area contributed by atoms with Crippen LogP contribution in [0.3, 0.4) is 0 Å². The van der Waals surface area contributed by atoms with E-state index < -0.39 is 12.0 Å². The molecule has 2 atom stereocenters. The first-order valence-corrected chi connectivity index (χ1v) is 9.20. The molecule has 146 valence electrons. The van der Waals surface area contributed by atoms with E-state index in [1.807, 2.05) is 25.1 Å². The van der Waals surface area contributed by atoms with Crippen LogP contribution >= 0.6 is 0 Å². The Bertz CT molecular complexity index is 737. The van der Waals surface area contributed by atoms with Gasteiger partial charge in [-0.1, -0.05) is 24.3 Å². The van der Waals surface area contributed by atoms with Crippen molar-refractivity contribution < 1.29 is 15.0 Å². The number of hydrogen-bond donors (Lipinski definition) is 4. The number of benzene rings is 2. The molecule has 6 heteroatoms. The third-order valence-corrected chi connectivity index (χ3v) is 4.68. The Morgan fingerprint density at radius 2 is 1.89 bits per heavy atom. The number of nitrogens with two attached hydrogens (primary N) is 1. The van der Waals surface area contributed by atoms with E-state index in [9.17, 15) is 15.0 Å². The molecular weight excluding hydrogens is 342 g/mol. The van der Waals surface area contributed by atoms with Gasteiger partial charge in [0, 0.05) is 25.3 Å². The van der Waals surface area contributed by atoms with Crippen LogP contribution < -0.4 is 16.0 Å². The Hall–Kier alpha value is -2.57. The number of carbonyl (C=O) groups is 1. The maximum Gasteiger partial charge on any atom is 0.252 e. The zero-order valence-corrected chi connectivity index (χ0v) is 15.9. The Morgan fingerprint density at radius 3 is 2.56 bits per heavy atom. The molecule has 0 aliphatic heterocycles. The summed E-state index contributed by atoms with van der Waals surface area (Å²) in [6.45, 7) is 3.63. The number of phenols is 1. The van der Waals surface area contributed by atoms with Crippen molar-refractivity contribution in [3.63, 3.8) is 0 Å². The number of amides is 1. The fourth-order valence-corrected chi connectivity index (χ4v) is 2.95. The van der Waals surface area contributed by atoms with Gasteiger partial charge in [-0.2, -0.15) is 0 Å². The molecule has 0 saturated heterocycles. The standard InChI is InChI=1S/C21H29N3O3/c1-15(20(26)16-10-11-19(25)18(14-16)21(22)27)23-12-6-7-13-24(2)17-8-4-3-5-9-17/h3-5,8-11,14-15,20,23,25-26H,6-7,12-13H2,1-2H3,(H2,22,27). The molecule has 0 aliphatic carbocycles. The van der Waals surface area contributed by atoms with Crippen LogP contribution in [0.2, 0.25) is 0 Å². The lowest BCUT2D eigenvalue weighted by Gasteiger charge is -2.22. The molecule has 0 aromatic heterocycles. The zero-order valence-electron chi connectivity index (χ0n) is 15.9. The number of nitrogens with one attached hydrogen (secondary N) is 1. The van der Waals surface area contributed by atoms with Crippen LogP contribution in [0, 0.1) is 0 Å². The quantitative estimate of drug-likeness (QED) is 0.481. The lowest BCUT2D eigenvalue weighted by atomic mass is 10.00. The second-order valence-corrected chi connectivity index (χ2v) is 6.79. The van der Waals surface area contributed by atoms with Gasteiger partial charge in [0.25, 0.3) is 5.91 Å². The van der Waals surface area contributed by atoms with Crippen molar-refractivity contribution in [2.45, 2.75) is 31.9 Å². The normalized spacial score (nSPS) is 13.1. The van der Waals surface area contributed by atoms with Crippen LogP contribution in [0.5, 0.6) is 5.75 Å². The summed E-state index contributed by atoms with van der Waals surface area (Å²) >= 11 is 0. The van der Waals surface area contributed by atoms with Crippen LogP contribution in [0.25, 0.3) is 0 Å². The third kappa shape index (κ3) is 5.98. The highest BCUT2D eigenvalue weighted by Crippen LogP contribution is 2.24. The first-order valence-electron chi connectivity index (χ1n) is 9.20. The molecule has 2 unspecified atom stereocenters. The van der Waals surface area contributed by atoms with E-state index in [2.05, 4.69) is 29.4 Å². The lowest BCUT2D eigenvalue weighted by molar-refractivity contribution is 0.0997. The smallest absolute Gasteiger partial charge is 0.252 e. The molecule has 0 aliphatic rings. The summed E-state index contributed by atoms with van der Waals surface area (Å²) in [5.41, 5.74) is 7.00. The number of aromatic hydroxyl groups is 1. The maximum absolute atomic E-state index is 11.3. The van der Waals surface area contributed by atoms with Gasteiger partial charge >= 0.3 is 0 Å². The van der Waals surface area contributed by atoms with E-state index in [-0.39, 0.29) is 17.4 Å². The molecule has 27 heavy (non-hydrogen) atoms. The fraction of sp³-hybridized carbons (Fsp3) is 0.381. The van der Waals surface area contributed by atoms with Gasteiger partial charge in [-0.15, -0.1) is 0 Å². The van der Waals surface area contributed by atoms with E-state index >= 15 is 0 Å². The lowest BCUT2D eigenvalue weighted by Crippen LogP contribution is -2.33. The van der Waals surface area contributed by atoms with Crippen LogP contribution in [0.15, 0.2) is 48.5 Å². The first kappa shape index (κ1) is 20.7. The number of primary amides is 1. The summed E-state index contributed by atoms with van der Waals surface area (Å²) < 4.78 is 0. The molecule has 5 N–H and O–H groups in total. The average Bonchev–Trinajstić information content (AvgIpc) is 2.67. The summed E-state index contributed by atoms with van der Waals surface area (Å²) in [5, 5.41) is 23.4. The number of para-hydroxylation sites is 1. The number of carbonyl (C=O) groups excluding carboxylic acids is 1. The van der Waals surface area contributed by atoms with Crippen molar-refractivity contribution in [3.8, 4) is 5.75 Å². The maximum atomic E-state index is 11.3. The number of nitrogens with zero attached hydrogens (tertiary/aromatic N) is 1. The summed E-state index contributed by atoms with van der Waals surface area (Å²) in [7, 11) is 2.08. The molecule has 0 saturated carbocycles. The number of rotatable bonds is 10. The molecule has 0 bridgehead atoms. The minimum atomic E-state index is -0.796. The summed E-state index contributed by atoms with van der Waals surface area (Å²) in [5.74, 6) is -0.897. The number of aliphatic hydroxyl groups is 1. The van der Waals surface area contributed by atoms with E-state index in [1.54, 1.807) is 6.07 Å². The molecule has 1 amide bonds. The second kappa shape index (κ2) is 9.94. The summed E-state index contributed by atoms with van der Waals surface area (Å²) in [6, 6.07) is 14.5. The van der Waals surface area contributed by atoms with Crippen molar-refractivity contribution in [1.29, 1.82) is 0 Å². The topological polar surface area (TPSA) is 98.8 Å². The number of unbranched alkanes of at least 4 members (excludes halogenated alkanes) is 1. The minimum Gasteiger partial charge on any atom is -0.507 e. The highest BCUT2D eigenvalue weighted by Gasteiger charge is 2.18. The Morgan fingerprint density at radius 1 is 1.19 bits per heavy atom. The predicted molar refractivity (Wildman–Crippen MR) is 108 cm³/mol. The van der Waals surface area contributed by atoms with Crippen LogP contribution in [0.4, 0.5) is 5.69 Å². The number of hydrogen-bond acceptors (Lipinski definition) is 5. The summed E-state index contributed by atoms with van der Waals surface area (Å²) in [6.07, 6.45) is 1.22. The van der Waals surface area contributed by atoms with E-state index in [0.717, 1.165) is 25.9 Å². The molecule has 2 aromatic rings. The Labute approximate surface area is 160 Å². The number of aliphatic hydroxyl groups excluding tert-OH is 1. The van der Waals surface area contributed by atoms with Gasteiger partial charge in [-0.3, -0.25) is 4.79 Å². The fourth-order valence-electron chi connectivity index (χ4n) is 2.95. The van der Waals surface area contributed by atoms with Crippen molar-refractivity contribution in [3.05, 3.63) is 59.7 Å². The van der Waals surface area contributed by atoms with Gasteiger partial charge in [0.2, 0.25) is 0 Å². The molecule has 2 aromatic carbocycles. The minimum absolute atomic E-state index is 0.0164. The Balaban J connectivity index is 1.76. The zero-order chi connectivity index (χ0) is 19.8. The van der Waals surface area contributed by atoms with Crippen molar-refractivity contribution in [1.82, 2.24) is 5.32 Å². The van der Waals surface area contributed by atoms with Gasteiger partial charge in [-0.05, 0) is 56.1 Å². The Kier molecular flexibility index (Phi) is 7.64. The SMILES string of the molecule is CC(NCCCCN(C)c1ccccc1)C(O)c1ccc(O)c(C(N)=O)c1. The van der Waals surface area contributed by atoms with Gasteiger partial charge in [0.15, 0.2) is 0 Å². The van der Waals surface area contributed by atoms with Gasteiger partial charge in [0.05, 0.1) is 11.7 Å². The summed E-state index contributed by atoms with van der Waals surface area (Å²) in [4.78, 5) is 13.6. The molecule has 6 nitrogen and oxygen atoms in total. The van der Waals surface area contributed by atoms with Crippen molar-refractivity contribution in [2.75, 3.05) is 25.0 Å². The molecule has 2 rings (SSSR count). The number of anilines is 1. The average molecular weight is 371 g/mol. The molecular formula is C21H29N3O3. The third-order valence-electron chi connectivity index (χ3n) is 4.68. The van der Waals surface area contributed by atoms with Crippen LogP contribution in [-0.4, -0.2) is 42.3 Å². The molecule has 0 spiro atoms. The van der Waals surface area contributed by atoms with E-state index in [0.29, 0.717) is 5.56 Å². The van der Waals surface area contributed by atoms with Crippen molar-refractivity contribution in [2.24, 2.45) is 5.73 Å². The predicted octanol–water partition coefficient (Wildman–Crippen LogP) is 2.42. The highest BCUT2D eigenvalue weighted by atomic mass is 16.3. The van der Waals surface area contributed by atoms with E-state index in [1.165, 1.54) is 17.8 Å². The van der Waals surface area contributed by atoms with Crippen molar-refractivity contribution >= 4 is 11.6 Å². The van der Waals surface area contributed by atoms with Crippen LogP contribution in [-0.2, 0) is 0 Å². The van der Waals surface area contributed by atoms with Gasteiger partial charge in [-0.25, -0.2) is 0 Å². The highest BCUT2D eigenvalue weighted by molar-refractivity contribution is 5.95. The van der Waals surface area contributed by atoms with Gasteiger partial charge < -0.3 is 26.2 Å². The van der Waals surface area contributed by atoms with E-state index in [4.69, 9.17) is 5.73 Å². The van der Waals surface area contributed by atoms with Crippen LogP contribution in [0.1, 0.15) is 41.8 Å². The first-order chi connectivity index (χ1) is 12.9. The largest absolute Gasteiger partial charge is 0.507 e. The molecule has 0 fully saturated rings. The monoisotopic (exact) mass is 371 g/mol. The molecule has 0 radical (unpaired) electrons. The van der Waals surface area contributed by atoms with Gasteiger partial charge in [0.1, 0.15) is 5.75 Å².